The Morgan fingerprint density at radius 3 is 2.22 bits per heavy atom. The molecule has 0 spiro atoms. The molecule has 0 radical (unpaired) electrons. The molecular weight excluding hydrogens is 702 g/mol. The number of alkyl carbamates (subject to hydrolysis) is 1. The minimum absolute atomic E-state index is 0.00617. The first-order chi connectivity index (χ1) is 26.7. The summed E-state index contributed by atoms with van der Waals surface area (Å²) in [6.07, 6.45) is -1.14. The van der Waals surface area contributed by atoms with E-state index in [2.05, 4.69) is 29.3 Å². The lowest BCUT2D eigenvalue weighted by molar-refractivity contribution is -0.276. The average Bonchev–Trinajstić information content (AvgIpc) is 3.47. The molecule has 0 aromatic heterocycles. The number of hydrogen-bond donors (Lipinski definition) is 2. The van der Waals surface area contributed by atoms with Crippen LogP contribution in [0.25, 0.3) is 0 Å². The molecule has 4 aromatic rings. The minimum Gasteiger partial charge on any atom is -0.493 e. The van der Waals surface area contributed by atoms with Gasteiger partial charge in [-0.1, -0.05) is 85.8 Å². The Balaban J connectivity index is 1.02. The van der Waals surface area contributed by atoms with Crippen LogP contribution in [-0.4, -0.2) is 72.3 Å². The van der Waals surface area contributed by atoms with E-state index < -0.39 is 24.3 Å². The van der Waals surface area contributed by atoms with Gasteiger partial charge >= 0.3 is 6.09 Å². The van der Waals surface area contributed by atoms with Gasteiger partial charge in [-0.05, 0) is 51.9 Å². The molecular formula is C43H47N3O9. The Morgan fingerprint density at radius 2 is 1.53 bits per heavy atom. The van der Waals surface area contributed by atoms with Crippen molar-refractivity contribution in [2.75, 3.05) is 27.3 Å². The van der Waals surface area contributed by atoms with Gasteiger partial charge in [0.05, 0.1) is 46.0 Å². The lowest BCUT2D eigenvalue weighted by atomic mass is 9.89. The zero-order valence-corrected chi connectivity index (χ0v) is 31.3. The number of likely N-dealkylation sites (tertiary alicyclic amines) is 1. The molecule has 2 fully saturated rings. The molecule has 3 amide bonds. The highest BCUT2D eigenvalue weighted by Gasteiger charge is 2.41. The smallest absolute Gasteiger partial charge is 0.408 e. The van der Waals surface area contributed by atoms with E-state index in [0.29, 0.717) is 12.3 Å². The Labute approximate surface area is 320 Å². The number of hydrogen-bond acceptors (Lipinski definition) is 10. The number of methoxy groups -OCH3 is 2. The van der Waals surface area contributed by atoms with Crippen LogP contribution in [0.4, 0.5) is 4.79 Å². The number of fused-ring (bicyclic) bond motifs is 1. The number of nitrogens with one attached hydrogen (secondary N) is 1. The number of nitrogens with zero attached hydrogens (tertiary/aromatic N) is 2. The standard InChI is InChI=1S/C43H47N3O9/c1-27-38(24-45-18-17-33-19-36(51-2)37(52-3)20-34(33)23-45)54-42(55-40(27)31-13-11-29(25-47)12-14-31)32-15-9-28(10-16-32)22-46-39(48)21-35(41(46)49)44-43(50)53-26-30-7-5-4-6-8-30/h4-16,19-20,27,35,38,40,42,47H,17-18,21-26H2,1-3H3,(H,44,50). The van der Waals surface area contributed by atoms with Crippen molar-refractivity contribution in [3.8, 4) is 11.5 Å². The van der Waals surface area contributed by atoms with Crippen LogP contribution in [0.3, 0.4) is 0 Å². The quantitative estimate of drug-likeness (QED) is 0.176. The van der Waals surface area contributed by atoms with E-state index in [0.717, 1.165) is 58.0 Å². The van der Waals surface area contributed by atoms with Gasteiger partial charge in [-0.15, -0.1) is 0 Å². The molecule has 0 saturated carbocycles. The summed E-state index contributed by atoms with van der Waals surface area (Å²) in [6, 6.07) is 27.7. The van der Waals surface area contributed by atoms with Crippen LogP contribution in [0.2, 0.25) is 0 Å². The molecule has 288 valence electrons. The van der Waals surface area contributed by atoms with E-state index in [-0.39, 0.29) is 50.2 Å². The maximum absolute atomic E-state index is 13.2. The summed E-state index contributed by atoms with van der Waals surface area (Å²) in [7, 11) is 3.30. The predicted molar refractivity (Wildman–Crippen MR) is 202 cm³/mol. The lowest BCUT2D eigenvalue weighted by Crippen LogP contribution is -2.45. The Morgan fingerprint density at radius 1 is 0.855 bits per heavy atom. The fraction of sp³-hybridized carbons (Fsp3) is 0.372. The van der Waals surface area contributed by atoms with Crippen molar-refractivity contribution in [3.63, 3.8) is 0 Å². The first kappa shape index (κ1) is 38.0. The van der Waals surface area contributed by atoms with Gasteiger partial charge in [-0.25, -0.2) is 4.79 Å². The number of imide groups is 1. The Hall–Kier alpha value is -5.27. The second-order valence-electron chi connectivity index (χ2n) is 14.3. The van der Waals surface area contributed by atoms with Gasteiger partial charge in [-0.2, -0.15) is 0 Å². The molecule has 4 aromatic carbocycles. The molecule has 3 aliphatic rings. The van der Waals surface area contributed by atoms with Gasteiger partial charge in [0.25, 0.3) is 5.91 Å². The second kappa shape index (κ2) is 17.0. The van der Waals surface area contributed by atoms with Crippen LogP contribution < -0.4 is 14.8 Å². The van der Waals surface area contributed by atoms with Crippen LogP contribution in [-0.2, 0) is 56.5 Å². The van der Waals surface area contributed by atoms with E-state index in [4.69, 9.17) is 23.7 Å². The first-order valence-electron chi connectivity index (χ1n) is 18.6. The van der Waals surface area contributed by atoms with Crippen LogP contribution >= 0.6 is 0 Å². The molecule has 55 heavy (non-hydrogen) atoms. The molecule has 2 saturated heterocycles. The third-order valence-electron chi connectivity index (χ3n) is 10.7. The summed E-state index contributed by atoms with van der Waals surface area (Å²) >= 11 is 0. The van der Waals surface area contributed by atoms with E-state index in [9.17, 15) is 19.5 Å². The normalized spacial score (nSPS) is 22.6. The van der Waals surface area contributed by atoms with E-state index in [1.54, 1.807) is 14.2 Å². The molecule has 12 heteroatoms. The van der Waals surface area contributed by atoms with Crippen molar-refractivity contribution < 1.29 is 43.2 Å². The first-order valence-corrected chi connectivity index (χ1v) is 18.6. The third kappa shape index (κ3) is 8.68. The number of amides is 3. The molecule has 3 aliphatic heterocycles. The van der Waals surface area contributed by atoms with Crippen LogP contribution in [0.1, 0.15) is 64.7 Å². The highest BCUT2D eigenvalue weighted by molar-refractivity contribution is 6.06. The third-order valence-corrected chi connectivity index (χ3v) is 10.7. The van der Waals surface area contributed by atoms with Crippen LogP contribution in [0, 0.1) is 5.92 Å². The van der Waals surface area contributed by atoms with Crippen molar-refractivity contribution in [1.82, 2.24) is 15.1 Å². The summed E-state index contributed by atoms with van der Waals surface area (Å²) in [5, 5.41) is 12.2. The van der Waals surface area contributed by atoms with Crippen molar-refractivity contribution in [2.24, 2.45) is 5.92 Å². The van der Waals surface area contributed by atoms with Crippen molar-refractivity contribution >= 4 is 17.9 Å². The number of carbonyl (C=O) groups excluding carboxylic acids is 3. The Kier molecular flexibility index (Phi) is 11.8. The highest BCUT2D eigenvalue weighted by atomic mass is 16.7. The zero-order valence-electron chi connectivity index (χ0n) is 31.3. The number of aliphatic hydroxyl groups excluding tert-OH is 1. The summed E-state index contributed by atoms with van der Waals surface area (Å²) in [6.45, 7) is 4.53. The van der Waals surface area contributed by atoms with Crippen molar-refractivity contribution in [3.05, 3.63) is 130 Å². The fourth-order valence-corrected chi connectivity index (χ4v) is 7.51. The maximum atomic E-state index is 13.2. The molecule has 12 nitrogen and oxygen atoms in total. The number of carbonyl (C=O) groups is 3. The van der Waals surface area contributed by atoms with Gasteiger partial charge < -0.3 is 34.1 Å². The molecule has 7 rings (SSSR count). The monoisotopic (exact) mass is 749 g/mol. The van der Waals surface area contributed by atoms with Gasteiger partial charge in [-0.3, -0.25) is 19.4 Å². The largest absolute Gasteiger partial charge is 0.493 e. The predicted octanol–water partition coefficient (Wildman–Crippen LogP) is 5.60. The van der Waals surface area contributed by atoms with Gasteiger partial charge in [0.1, 0.15) is 12.6 Å². The molecule has 5 unspecified atom stereocenters. The van der Waals surface area contributed by atoms with Crippen LogP contribution in [0.5, 0.6) is 11.5 Å². The Bertz CT molecular complexity index is 1970. The molecule has 0 bridgehead atoms. The molecule has 0 aliphatic carbocycles. The van der Waals surface area contributed by atoms with Gasteiger partial charge in [0.2, 0.25) is 5.91 Å². The summed E-state index contributed by atoms with van der Waals surface area (Å²) < 4.78 is 29.8. The number of ether oxygens (including phenoxy) is 5. The molecule has 3 heterocycles. The topological polar surface area (TPSA) is 136 Å². The zero-order chi connectivity index (χ0) is 38.5. The average molecular weight is 750 g/mol. The van der Waals surface area contributed by atoms with E-state index in [1.807, 2.05) is 78.9 Å². The number of benzene rings is 4. The lowest BCUT2D eigenvalue weighted by Gasteiger charge is -2.43. The van der Waals surface area contributed by atoms with Gasteiger partial charge in [0, 0.05) is 31.1 Å². The number of aliphatic hydroxyl groups is 1. The van der Waals surface area contributed by atoms with E-state index in [1.165, 1.54) is 11.1 Å². The molecule has 2 N–H and O–H groups in total. The van der Waals surface area contributed by atoms with Crippen molar-refractivity contribution in [2.45, 2.75) is 70.6 Å². The SMILES string of the molecule is COc1cc2c(cc1OC)CN(CC1OC(c3ccc(CN4C(=O)CC(NC(=O)OCc5ccccc5)C4=O)cc3)OC(c3ccc(CO)cc3)C1C)CC2. The summed E-state index contributed by atoms with van der Waals surface area (Å²) in [5.74, 6) is 0.604. The van der Waals surface area contributed by atoms with Gasteiger partial charge in [0.15, 0.2) is 17.8 Å². The summed E-state index contributed by atoms with van der Waals surface area (Å²) in [5.41, 5.74) is 6.64. The highest BCUT2D eigenvalue weighted by Crippen LogP contribution is 2.42. The number of rotatable bonds is 12. The maximum Gasteiger partial charge on any atom is 0.408 e. The fourth-order valence-electron chi connectivity index (χ4n) is 7.51. The molecule has 5 atom stereocenters. The second-order valence-corrected chi connectivity index (χ2v) is 14.3. The minimum atomic E-state index is -0.986. The van der Waals surface area contributed by atoms with E-state index >= 15 is 0 Å². The van der Waals surface area contributed by atoms with Crippen LogP contribution in [0.15, 0.2) is 91.0 Å². The summed E-state index contributed by atoms with van der Waals surface area (Å²) in [4.78, 5) is 42.0. The van der Waals surface area contributed by atoms with Crippen molar-refractivity contribution in [1.29, 1.82) is 0 Å².